The van der Waals surface area contributed by atoms with E-state index in [0.717, 1.165) is 58.4 Å². The molecule has 1 aliphatic heterocycles. The number of guanidine groups is 1. The first-order valence-corrected chi connectivity index (χ1v) is 11.4. The first kappa shape index (κ1) is 25.2. The molecule has 2 N–H and O–H groups in total. The summed E-state index contributed by atoms with van der Waals surface area (Å²) in [5, 5.41) is 6.81. The number of ether oxygens (including phenoxy) is 2. The fraction of sp³-hybridized carbons (Fsp3) is 0.696. The van der Waals surface area contributed by atoms with Gasteiger partial charge in [-0.3, -0.25) is 0 Å². The lowest BCUT2D eigenvalue weighted by Gasteiger charge is -2.30. The molecule has 0 amide bonds. The Balaban J connectivity index is 0.00000320. The van der Waals surface area contributed by atoms with Crippen LogP contribution in [-0.4, -0.2) is 58.1 Å². The van der Waals surface area contributed by atoms with Gasteiger partial charge in [0.2, 0.25) is 0 Å². The van der Waals surface area contributed by atoms with Crippen molar-refractivity contribution in [3.63, 3.8) is 0 Å². The molecule has 0 spiro atoms. The molecule has 170 valence electrons. The molecule has 0 aromatic heterocycles. The van der Waals surface area contributed by atoms with Crippen LogP contribution in [0.5, 0.6) is 0 Å². The number of benzene rings is 1. The molecule has 2 aliphatic rings. The number of hydrogen-bond donors (Lipinski definition) is 2. The average Bonchev–Trinajstić information content (AvgIpc) is 2.78. The fourth-order valence-corrected chi connectivity index (χ4v) is 4.02. The second-order valence-electron chi connectivity index (χ2n) is 7.83. The van der Waals surface area contributed by atoms with Crippen LogP contribution in [0.1, 0.15) is 51.0 Å². The molecule has 0 atom stereocenters. The Morgan fingerprint density at radius 2 is 1.90 bits per heavy atom. The second kappa shape index (κ2) is 14.9. The first-order chi connectivity index (χ1) is 14.4. The summed E-state index contributed by atoms with van der Waals surface area (Å²) in [5.74, 6) is 0.877. The van der Waals surface area contributed by atoms with E-state index in [2.05, 4.69) is 46.7 Å². The van der Waals surface area contributed by atoms with Crippen LogP contribution in [0.4, 0.5) is 5.69 Å². The zero-order valence-corrected chi connectivity index (χ0v) is 20.7. The van der Waals surface area contributed by atoms with Gasteiger partial charge in [0.1, 0.15) is 0 Å². The van der Waals surface area contributed by atoms with E-state index in [9.17, 15) is 0 Å². The summed E-state index contributed by atoms with van der Waals surface area (Å²) in [6.45, 7) is 8.82. The number of anilines is 1. The van der Waals surface area contributed by atoms with Crippen molar-refractivity contribution in [1.82, 2.24) is 10.6 Å². The van der Waals surface area contributed by atoms with Crippen LogP contribution in [0.3, 0.4) is 0 Å². The van der Waals surface area contributed by atoms with Gasteiger partial charge in [-0.1, -0.05) is 37.5 Å². The monoisotopic (exact) mass is 530 g/mol. The molecule has 0 radical (unpaired) electrons. The van der Waals surface area contributed by atoms with Crippen molar-refractivity contribution < 1.29 is 9.47 Å². The highest BCUT2D eigenvalue weighted by Gasteiger charge is 2.15. The molecule has 2 fully saturated rings. The smallest absolute Gasteiger partial charge is 0.191 e. The van der Waals surface area contributed by atoms with Crippen LogP contribution in [0.2, 0.25) is 0 Å². The normalized spacial score (nSPS) is 18.0. The number of nitrogens with one attached hydrogen (secondary N) is 2. The topological polar surface area (TPSA) is 58.1 Å². The van der Waals surface area contributed by atoms with Crippen molar-refractivity contribution in [3.05, 3.63) is 29.8 Å². The standard InChI is InChI=1S/C23H38N4O2.HI/c1-2-24-23(25-13-8-16-29-21-10-4-3-5-11-21)26-19-20-9-6-7-12-22(20)27-14-17-28-18-15-27;/h6-7,9,12,21H,2-5,8,10-11,13-19H2,1H3,(H2,24,25,26);1H. The Kier molecular flexibility index (Phi) is 12.5. The van der Waals surface area contributed by atoms with Crippen LogP contribution >= 0.6 is 24.0 Å². The average molecular weight is 530 g/mol. The lowest BCUT2D eigenvalue weighted by molar-refractivity contribution is 0.0277. The van der Waals surface area contributed by atoms with Gasteiger partial charge in [-0.2, -0.15) is 0 Å². The number of para-hydroxylation sites is 1. The summed E-state index contributed by atoms with van der Waals surface area (Å²) in [4.78, 5) is 7.22. The molecule has 0 unspecified atom stereocenters. The Morgan fingerprint density at radius 3 is 2.67 bits per heavy atom. The van der Waals surface area contributed by atoms with E-state index in [1.807, 2.05) is 0 Å². The summed E-state index contributed by atoms with van der Waals surface area (Å²) in [5.41, 5.74) is 2.53. The van der Waals surface area contributed by atoms with Crippen molar-refractivity contribution in [2.75, 3.05) is 50.9 Å². The zero-order chi connectivity index (χ0) is 20.2. The van der Waals surface area contributed by atoms with E-state index in [1.54, 1.807) is 0 Å². The van der Waals surface area contributed by atoms with Gasteiger partial charge in [-0.05, 0) is 37.8 Å². The van der Waals surface area contributed by atoms with E-state index in [-0.39, 0.29) is 24.0 Å². The molecule has 30 heavy (non-hydrogen) atoms. The predicted molar refractivity (Wildman–Crippen MR) is 135 cm³/mol. The minimum absolute atomic E-state index is 0. The van der Waals surface area contributed by atoms with E-state index in [0.29, 0.717) is 12.6 Å². The van der Waals surface area contributed by atoms with E-state index in [4.69, 9.17) is 14.5 Å². The van der Waals surface area contributed by atoms with Gasteiger partial charge in [-0.25, -0.2) is 4.99 Å². The van der Waals surface area contributed by atoms with Crippen LogP contribution in [-0.2, 0) is 16.0 Å². The lowest BCUT2D eigenvalue weighted by Crippen LogP contribution is -2.38. The molecule has 1 saturated carbocycles. The SMILES string of the molecule is CCNC(=NCc1ccccc1N1CCOCC1)NCCCOC1CCCCC1.I. The Morgan fingerprint density at radius 1 is 1.13 bits per heavy atom. The van der Waals surface area contributed by atoms with Crippen molar-refractivity contribution in [1.29, 1.82) is 0 Å². The van der Waals surface area contributed by atoms with Crippen molar-refractivity contribution in [2.24, 2.45) is 4.99 Å². The third kappa shape index (κ3) is 8.59. The van der Waals surface area contributed by atoms with Gasteiger partial charge in [-0.15, -0.1) is 24.0 Å². The minimum atomic E-state index is 0. The third-order valence-corrected chi connectivity index (χ3v) is 5.61. The highest BCUT2D eigenvalue weighted by Crippen LogP contribution is 2.22. The summed E-state index contributed by atoms with van der Waals surface area (Å²) in [6, 6.07) is 8.57. The summed E-state index contributed by atoms with van der Waals surface area (Å²) in [7, 11) is 0. The lowest BCUT2D eigenvalue weighted by atomic mass is 9.98. The van der Waals surface area contributed by atoms with E-state index >= 15 is 0 Å². The number of hydrogen-bond acceptors (Lipinski definition) is 4. The Labute approximate surface area is 199 Å². The Hall–Kier alpha value is -1.06. The molecule has 3 rings (SSSR count). The van der Waals surface area contributed by atoms with Crippen LogP contribution in [0.25, 0.3) is 0 Å². The molecule has 1 heterocycles. The number of morpholine rings is 1. The highest BCUT2D eigenvalue weighted by atomic mass is 127. The van der Waals surface area contributed by atoms with Gasteiger partial charge in [0, 0.05) is 38.5 Å². The molecular weight excluding hydrogens is 491 g/mol. The maximum atomic E-state index is 6.02. The fourth-order valence-electron chi connectivity index (χ4n) is 4.02. The summed E-state index contributed by atoms with van der Waals surface area (Å²) >= 11 is 0. The number of aliphatic imine (C=N–C) groups is 1. The Bertz CT molecular complexity index is 617. The number of halogens is 1. The van der Waals surface area contributed by atoms with Crippen LogP contribution in [0, 0.1) is 0 Å². The quantitative estimate of drug-likeness (QED) is 0.219. The van der Waals surface area contributed by atoms with Gasteiger partial charge in [0.25, 0.3) is 0 Å². The van der Waals surface area contributed by atoms with E-state index in [1.165, 1.54) is 43.4 Å². The molecule has 1 aromatic rings. The van der Waals surface area contributed by atoms with Gasteiger partial charge >= 0.3 is 0 Å². The largest absolute Gasteiger partial charge is 0.378 e. The van der Waals surface area contributed by atoms with Crippen LogP contribution < -0.4 is 15.5 Å². The first-order valence-electron chi connectivity index (χ1n) is 11.4. The minimum Gasteiger partial charge on any atom is -0.378 e. The summed E-state index contributed by atoms with van der Waals surface area (Å²) in [6.07, 6.45) is 7.99. The highest BCUT2D eigenvalue weighted by molar-refractivity contribution is 14.0. The zero-order valence-electron chi connectivity index (χ0n) is 18.4. The van der Waals surface area contributed by atoms with Crippen molar-refractivity contribution in [2.45, 2.75) is 58.1 Å². The molecule has 1 saturated heterocycles. The second-order valence-corrected chi connectivity index (χ2v) is 7.83. The van der Waals surface area contributed by atoms with Gasteiger partial charge in [0.05, 0.1) is 25.9 Å². The molecule has 1 aromatic carbocycles. The molecule has 6 nitrogen and oxygen atoms in total. The van der Waals surface area contributed by atoms with Crippen molar-refractivity contribution in [3.8, 4) is 0 Å². The predicted octanol–water partition coefficient (Wildman–Crippen LogP) is 3.94. The third-order valence-electron chi connectivity index (χ3n) is 5.61. The maximum absolute atomic E-state index is 6.02. The molecule has 1 aliphatic carbocycles. The molecule has 0 bridgehead atoms. The van der Waals surface area contributed by atoms with Crippen LogP contribution in [0.15, 0.2) is 29.3 Å². The maximum Gasteiger partial charge on any atom is 0.191 e. The van der Waals surface area contributed by atoms with Gasteiger partial charge < -0.3 is 25.0 Å². The van der Waals surface area contributed by atoms with Crippen molar-refractivity contribution >= 4 is 35.6 Å². The summed E-state index contributed by atoms with van der Waals surface area (Å²) < 4.78 is 11.5. The molecule has 7 heteroatoms. The van der Waals surface area contributed by atoms with Gasteiger partial charge in [0.15, 0.2) is 5.96 Å². The van der Waals surface area contributed by atoms with E-state index < -0.39 is 0 Å². The molecular formula is C23H39IN4O2. The number of rotatable bonds is 9. The number of nitrogens with zero attached hydrogens (tertiary/aromatic N) is 2.